The molecule has 1 fully saturated rings. The molecule has 8 nitrogen and oxygen atoms in total. The number of carbonyl (C=O) groups excluding carboxylic acids is 2. The molecular weight excluding hydrogens is 595 g/mol. The summed E-state index contributed by atoms with van der Waals surface area (Å²) in [5.41, 5.74) is 4.08. The third-order valence-electron chi connectivity index (χ3n) is 7.08. The minimum absolute atomic E-state index is 0.0301. The van der Waals surface area contributed by atoms with Crippen LogP contribution in [0.5, 0.6) is 11.5 Å². The molecule has 1 amide bonds. The highest BCUT2D eigenvalue weighted by atomic mass is 32.2. The number of aromatic nitrogens is 2. The van der Waals surface area contributed by atoms with E-state index in [0.717, 1.165) is 16.7 Å². The molecule has 1 aliphatic heterocycles. The van der Waals surface area contributed by atoms with Crippen LogP contribution in [0, 0.1) is 6.92 Å². The Kier molecular flexibility index (Phi) is 8.44. The van der Waals surface area contributed by atoms with Crippen LogP contribution in [-0.4, -0.2) is 32.1 Å². The predicted molar refractivity (Wildman–Crippen MR) is 171 cm³/mol. The number of phenolic OH excluding ortho intramolecular Hbond substituents is 1. The average Bonchev–Trinajstić information content (AvgIpc) is 3.61. The number of thioether (sulfide) groups is 1. The summed E-state index contributed by atoms with van der Waals surface area (Å²) in [6, 6.07) is 29.8. The number of amides is 1. The van der Waals surface area contributed by atoms with Gasteiger partial charge < -0.3 is 14.9 Å². The van der Waals surface area contributed by atoms with Gasteiger partial charge >= 0.3 is 5.91 Å². The maximum atomic E-state index is 13.5. The van der Waals surface area contributed by atoms with Crippen molar-refractivity contribution in [2.24, 2.45) is 0 Å². The number of benzene rings is 4. The van der Waals surface area contributed by atoms with E-state index in [9.17, 15) is 19.8 Å². The Hall–Kier alpha value is -4.93. The second-order valence-corrected chi connectivity index (χ2v) is 12.4. The number of aromatic hydroxyl groups is 1. The Balaban J connectivity index is 1.30. The molecule has 220 valence electrons. The topological polar surface area (TPSA) is 113 Å². The highest BCUT2D eigenvalue weighted by Crippen LogP contribution is 2.44. The number of phenols is 1. The van der Waals surface area contributed by atoms with Gasteiger partial charge in [-0.2, -0.15) is 0 Å². The molecule has 0 spiro atoms. The van der Waals surface area contributed by atoms with Crippen LogP contribution in [-0.2, 0) is 21.9 Å². The maximum Gasteiger partial charge on any atom is 0.301 e. The number of carbonyl (C=O) groups is 2. The van der Waals surface area contributed by atoms with E-state index in [-0.39, 0.29) is 22.2 Å². The molecule has 5 aromatic rings. The molecule has 1 saturated heterocycles. The summed E-state index contributed by atoms with van der Waals surface area (Å²) < 4.78 is 6.54. The number of nitrogens with zero attached hydrogens (tertiary/aromatic N) is 3. The van der Waals surface area contributed by atoms with E-state index in [1.165, 1.54) is 40.1 Å². The van der Waals surface area contributed by atoms with Crippen molar-refractivity contribution in [1.29, 1.82) is 0 Å². The van der Waals surface area contributed by atoms with E-state index < -0.39 is 17.7 Å². The second kappa shape index (κ2) is 12.7. The van der Waals surface area contributed by atoms with Crippen LogP contribution in [0.3, 0.4) is 0 Å². The van der Waals surface area contributed by atoms with E-state index in [2.05, 4.69) is 10.2 Å². The molecule has 1 unspecified atom stereocenters. The minimum atomic E-state index is -0.979. The van der Waals surface area contributed by atoms with Crippen molar-refractivity contribution >= 4 is 45.7 Å². The zero-order valence-electron chi connectivity index (χ0n) is 23.6. The normalized spacial score (nSPS) is 15.9. The van der Waals surface area contributed by atoms with Crippen LogP contribution in [0.15, 0.2) is 113 Å². The van der Waals surface area contributed by atoms with Gasteiger partial charge in [-0.05, 0) is 60.0 Å². The van der Waals surface area contributed by atoms with E-state index in [1.807, 2.05) is 61.5 Å². The monoisotopic (exact) mass is 621 g/mol. The first-order valence-corrected chi connectivity index (χ1v) is 15.6. The number of anilines is 1. The van der Waals surface area contributed by atoms with Gasteiger partial charge in [0.05, 0.1) is 11.6 Å². The van der Waals surface area contributed by atoms with Crippen LogP contribution < -0.4 is 9.64 Å². The number of ether oxygens (including phenoxy) is 1. The lowest BCUT2D eigenvalue weighted by Gasteiger charge is -2.22. The van der Waals surface area contributed by atoms with Gasteiger partial charge in [-0.1, -0.05) is 95.4 Å². The molecule has 1 atom stereocenters. The first-order chi connectivity index (χ1) is 21.4. The number of Topliss-reactive ketones (excluding diaryl/α,β-unsaturated/α-hetero) is 1. The van der Waals surface area contributed by atoms with Crippen molar-refractivity contribution in [1.82, 2.24) is 10.2 Å². The Morgan fingerprint density at radius 1 is 0.909 bits per heavy atom. The lowest BCUT2D eigenvalue weighted by molar-refractivity contribution is -0.132. The summed E-state index contributed by atoms with van der Waals surface area (Å²) >= 11 is 2.67. The smallest absolute Gasteiger partial charge is 0.301 e. The Morgan fingerprint density at radius 3 is 2.36 bits per heavy atom. The fourth-order valence-electron chi connectivity index (χ4n) is 4.91. The number of aliphatic hydroxyl groups is 1. The molecular formula is C34H27N3O5S2. The first kappa shape index (κ1) is 29.2. The van der Waals surface area contributed by atoms with Crippen LogP contribution in [0.4, 0.5) is 5.13 Å². The number of hydrogen-bond donors (Lipinski definition) is 2. The minimum Gasteiger partial charge on any atom is -0.508 e. The molecule has 1 aliphatic rings. The first-order valence-electron chi connectivity index (χ1n) is 13.8. The highest BCUT2D eigenvalue weighted by Gasteiger charge is 2.48. The van der Waals surface area contributed by atoms with Gasteiger partial charge in [0.15, 0.2) is 4.34 Å². The third-order valence-corrected chi connectivity index (χ3v) is 9.20. The van der Waals surface area contributed by atoms with Crippen molar-refractivity contribution in [3.05, 3.63) is 137 Å². The lowest BCUT2D eigenvalue weighted by Crippen LogP contribution is -2.29. The summed E-state index contributed by atoms with van der Waals surface area (Å²) in [6.07, 6.45) is 0. The summed E-state index contributed by atoms with van der Waals surface area (Å²) in [5, 5.41) is 30.1. The van der Waals surface area contributed by atoms with Gasteiger partial charge in [-0.3, -0.25) is 14.5 Å². The van der Waals surface area contributed by atoms with Crippen LogP contribution >= 0.6 is 23.1 Å². The zero-order chi connectivity index (χ0) is 30.6. The van der Waals surface area contributed by atoms with E-state index in [0.29, 0.717) is 33.6 Å². The lowest BCUT2D eigenvalue weighted by atomic mass is 9.95. The largest absolute Gasteiger partial charge is 0.508 e. The Morgan fingerprint density at radius 2 is 1.64 bits per heavy atom. The quantitative estimate of drug-likeness (QED) is 0.0592. The number of hydrogen-bond acceptors (Lipinski definition) is 9. The molecule has 2 heterocycles. The number of ketones is 1. The average molecular weight is 622 g/mol. The highest BCUT2D eigenvalue weighted by molar-refractivity contribution is 8.00. The fraction of sp³-hybridized carbons (Fsp3) is 0.118. The summed E-state index contributed by atoms with van der Waals surface area (Å²) in [4.78, 5) is 28.2. The summed E-state index contributed by atoms with van der Waals surface area (Å²) in [7, 11) is 0. The van der Waals surface area contributed by atoms with Crippen molar-refractivity contribution in [2.45, 2.75) is 29.7 Å². The molecule has 44 heavy (non-hydrogen) atoms. The molecule has 0 radical (unpaired) electrons. The fourth-order valence-corrected chi connectivity index (χ4v) is 6.74. The predicted octanol–water partition coefficient (Wildman–Crippen LogP) is 7.05. The summed E-state index contributed by atoms with van der Waals surface area (Å²) in [5.74, 6) is -0.694. The van der Waals surface area contributed by atoms with Crippen molar-refractivity contribution in [3.63, 3.8) is 0 Å². The van der Waals surface area contributed by atoms with E-state index in [4.69, 9.17) is 4.74 Å². The molecule has 1 aromatic heterocycles. The maximum absolute atomic E-state index is 13.5. The van der Waals surface area contributed by atoms with Gasteiger partial charge in [-0.15, -0.1) is 10.2 Å². The molecule has 0 bridgehead atoms. The SMILES string of the molecule is Cc1cccc(COc2ccc(/C(O)=C3\C(=O)C(=O)N(c4nnc(SCc5ccccc5)s4)C3c3ccc(O)cc3)cc2)c1. The van der Waals surface area contributed by atoms with Crippen molar-refractivity contribution in [3.8, 4) is 11.5 Å². The van der Waals surface area contributed by atoms with Gasteiger partial charge in [0.2, 0.25) is 5.13 Å². The zero-order valence-corrected chi connectivity index (χ0v) is 25.2. The Labute approximate surface area is 262 Å². The van der Waals surface area contributed by atoms with E-state index >= 15 is 0 Å². The molecule has 4 aromatic carbocycles. The van der Waals surface area contributed by atoms with Crippen LogP contribution in [0.25, 0.3) is 5.76 Å². The van der Waals surface area contributed by atoms with Crippen molar-refractivity contribution < 1.29 is 24.5 Å². The molecule has 10 heteroatoms. The second-order valence-electron chi connectivity index (χ2n) is 10.2. The molecule has 0 aliphatic carbocycles. The van der Waals surface area contributed by atoms with Crippen molar-refractivity contribution in [2.75, 3.05) is 4.90 Å². The van der Waals surface area contributed by atoms with Gasteiger partial charge in [0.1, 0.15) is 23.9 Å². The van der Waals surface area contributed by atoms with Gasteiger partial charge in [0, 0.05) is 11.3 Å². The number of rotatable bonds is 9. The third kappa shape index (κ3) is 6.22. The van der Waals surface area contributed by atoms with Crippen LogP contribution in [0.1, 0.15) is 33.9 Å². The Bertz CT molecular complexity index is 1840. The molecule has 0 saturated carbocycles. The number of aliphatic hydroxyl groups excluding tert-OH is 1. The standard InChI is InChI=1S/C34H27N3O5S2/c1-21-6-5-9-23(18-21)19-42-27-16-12-25(13-17-27)30(39)28-29(24-10-14-26(38)15-11-24)37(32(41)31(28)40)33-35-36-34(44-33)43-20-22-7-3-2-4-8-22/h2-18,29,38-39H,19-20H2,1H3/b30-28+. The molecule has 6 rings (SSSR count). The summed E-state index contributed by atoms with van der Waals surface area (Å²) in [6.45, 7) is 2.40. The van der Waals surface area contributed by atoms with Crippen LogP contribution in [0.2, 0.25) is 0 Å². The molecule has 2 N–H and O–H groups in total. The number of aryl methyl sites for hydroxylation is 1. The van der Waals surface area contributed by atoms with Gasteiger partial charge in [0.25, 0.3) is 5.78 Å². The van der Waals surface area contributed by atoms with Gasteiger partial charge in [-0.25, -0.2) is 0 Å². The van der Waals surface area contributed by atoms with E-state index in [1.54, 1.807) is 36.4 Å².